The molecular formula is C39H56N4O2S. The molecule has 2 aromatic heterocycles. The summed E-state index contributed by atoms with van der Waals surface area (Å²) in [5.74, 6) is 0.202. The number of thioether (sulfide) groups is 1. The van der Waals surface area contributed by atoms with Gasteiger partial charge in [0.25, 0.3) is 0 Å². The maximum absolute atomic E-state index is 12.2. The van der Waals surface area contributed by atoms with Gasteiger partial charge in [0.05, 0.1) is 29.8 Å². The van der Waals surface area contributed by atoms with Crippen molar-refractivity contribution in [3.05, 3.63) is 96.0 Å². The summed E-state index contributed by atoms with van der Waals surface area (Å²) in [6.45, 7) is 26.8. The van der Waals surface area contributed by atoms with Crippen LogP contribution in [0.5, 0.6) is 0 Å². The molecule has 46 heavy (non-hydrogen) atoms. The van der Waals surface area contributed by atoms with Crippen molar-refractivity contribution in [3.63, 3.8) is 0 Å². The minimum Gasteiger partial charge on any atom is -0.462 e. The van der Waals surface area contributed by atoms with Crippen LogP contribution in [0.25, 0.3) is 32.6 Å². The molecule has 0 unspecified atom stereocenters. The first-order chi connectivity index (χ1) is 22.0. The van der Waals surface area contributed by atoms with Crippen molar-refractivity contribution in [1.82, 2.24) is 15.0 Å². The van der Waals surface area contributed by atoms with Gasteiger partial charge < -0.3 is 15.5 Å². The second-order valence-electron chi connectivity index (χ2n) is 11.4. The molecule has 0 radical (unpaired) electrons. The maximum atomic E-state index is 12.2. The van der Waals surface area contributed by atoms with Crippen LogP contribution in [-0.2, 0) is 9.53 Å². The number of esters is 1. The Hall–Kier alpha value is -3.68. The molecule has 1 aromatic carbocycles. The number of aromatic amines is 1. The van der Waals surface area contributed by atoms with Crippen LogP contribution in [0.4, 0.5) is 0 Å². The number of hydrogen-bond donors (Lipinski definition) is 2. The topological polar surface area (TPSA) is 93.9 Å². The fourth-order valence-electron chi connectivity index (χ4n) is 4.04. The van der Waals surface area contributed by atoms with Crippen LogP contribution in [0.3, 0.4) is 0 Å². The van der Waals surface area contributed by atoms with Gasteiger partial charge in [0.2, 0.25) is 0 Å². The van der Waals surface area contributed by atoms with E-state index in [4.69, 9.17) is 10.5 Å². The van der Waals surface area contributed by atoms with Crippen molar-refractivity contribution < 1.29 is 9.53 Å². The summed E-state index contributed by atoms with van der Waals surface area (Å²) >= 11 is 1.40. The molecule has 1 atom stereocenters. The number of benzene rings is 1. The predicted molar refractivity (Wildman–Crippen MR) is 202 cm³/mol. The van der Waals surface area contributed by atoms with E-state index in [1.54, 1.807) is 18.7 Å². The molecule has 7 heteroatoms. The largest absolute Gasteiger partial charge is 0.462 e. The predicted octanol–water partition coefficient (Wildman–Crippen LogP) is 10.9. The normalized spacial score (nSPS) is 12.3. The Labute approximate surface area is 282 Å². The van der Waals surface area contributed by atoms with Gasteiger partial charge in [0.1, 0.15) is 0 Å². The van der Waals surface area contributed by atoms with Crippen LogP contribution in [0, 0.1) is 5.92 Å². The number of fused-ring (bicyclic) bond motifs is 1. The number of imidazole rings is 1. The monoisotopic (exact) mass is 644 g/mol. The zero-order valence-corrected chi connectivity index (χ0v) is 30.4. The molecule has 0 bridgehead atoms. The van der Waals surface area contributed by atoms with Crippen LogP contribution >= 0.6 is 11.8 Å². The molecule has 2 heterocycles. The van der Waals surface area contributed by atoms with Gasteiger partial charge in [-0.3, -0.25) is 4.98 Å². The molecule has 6 nitrogen and oxygen atoms in total. The number of nitrogens with zero attached hydrogens (tertiary/aromatic N) is 2. The van der Waals surface area contributed by atoms with Gasteiger partial charge in [-0.15, -0.1) is 0 Å². The number of H-pyrrole nitrogens is 1. The smallest absolute Gasteiger partial charge is 0.334 e. The first-order valence-corrected chi connectivity index (χ1v) is 17.2. The Morgan fingerprint density at radius 2 is 1.80 bits per heavy atom. The molecule has 0 aliphatic heterocycles. The lowest BCUT2D eigenvalue weighted by molar-refractivity contribution is -0.139. The molecule has 0 spiro atoms. The third kappa shape index (κ3) is 14.2. The van der Waals surface area contributed by atoms with Gasteiger partial charge >= 0.3 is 5.97 Å². The third-order valence-electron chi connectivity index (χ3n) is 6.84. The van der Waals surface area contributed by atoms with Crippen LogP contribution in [-0.4, -0.2) is 33.6 Å². The molecular weight excluding hydrogens is 589 g/mol. The minimum absolute atomic E-state index is 0.294. The number of nitrogens with one attached hydrogen (secondary N) is 1. The number of hydrogen-bond acceptors (Lipinski definition) is 6. The molecule has 0 aliphatic carbocycles. The van der Waals surface area contributed by atoms with E-state index < -0.39 is 0 Å². The number of pyridine rings is 1. The van der Waals surface area contributed by atoms with E-state index in [2.05, 4.69) is 67.9 Å². The van der Waals surface area contributed by atoms with Gasteiger partial charge in [0.15, 0.2) is 0 Å². The van der Waals surface area contributed by atoms with E-state index >= 15 is 0 Å². The van der Waals surface area contributed by atoms with E-state index in [0.717, 1.165) is 62.3 Å². The molecule has 3 aromatic rings. The summed E-state index contributed by atoms with van der Waals surface area (Å²) in [6.07, 6.45) is 13.9. The Morgan fingerprint density at radius 3 is 2.41 bits per heavy atom. The Balaban J connectivity index is 0.00000104. The van der Waals surface area contributed by atoms with E-state index in [1.165, 1.54) is 24.6 Å². The summed E-state index contributed by atoms with van der Waals surface area (Å²) in [5, 5.41) is 2.78. The molecule has 0 saturated carbocycles. The molecule has 0 amide bonds. The average molecular weight is 645 g/mol. The number of ether oxygens (including phenoxy) is 1. The zero-order chi connectivity index (χ0) is 34.6. The molecule has 0 aliphatic rings. The Morgan fingerprint density at radius 1 is 1.09 bits per heavy atom. The highest BCUT2D eigenvalue weighted by molar-refractivity contribution is 8.10. The summed E-state index contributed by atoms with van der Waals surface area (Å²) in [4.78, 5) is 25.4. The second kappa shape index (κ2) is 22.0. The minimum atomic E-state index is -0.294. The van der Waals surface area contributed by atoms with Gasteiger partial charge in [-0.1, -0.05) is 103 Å². The highest BCUT2D eigenvalue weighted by atomic mass is 32.2. The van der Waals surface area contributed by atoms with Crippen LogP contribution in [0.2, 0.25) is 0 Å². The van der Waals surface area contributed by atoms with Crippen molar-refractivity contribution in [3.8, 4) is 11.3 Å². The second-order valence-corrected chi connectivity index (χ2v) is 12.4. The lowest BCUT2D eigenvalue weighted by Gasteiger charge is -2.09. The van der Waals surface area contributed by atoms with Crippen molar-refractivity contribution in [1.29, 1.82) is 0 Å². The van der Waals surface area contributed by atoms with Crippen LogP contribution in [0.15, 0.2) is 84.7 Å². The number of allylic oxidation sites excluding steroid dienone is 5. The van der Waals surface area contributed by atoms with Crippen molar-refractivity contribution in [2.75, 3.05) is 6.61 Å². The standard InChI is InChI=1S/C31H35N3O2S.C6H15N.C2H6/c1-20(2)9-8-10-22(5)29-30(34-19-33-29)25-11-12-28-26(15-25)16-27(17-32-28)24(7)37-18-23(6)31(35)36-14-13-21(3)4;1-3-5-6(7)4-2;1-2/h8-12,15-19,21H,1,7,13-14H2,2-6H3,(H,33,34);6H,3-5,7H2,1-2H3;1-2H3/b9-8-,22-10+,23-18+;;/t;6-;/m.0./s1. The fourth-order valence-corrected chi connectivity index (χ4v) is 4.70. The average Bonchev–Trinajstić information content (AvgIpc) is 3.54. The van der Waals surface area contributed by atoms with Crippen molar-refractivity contribution in [2.24, 2.45) is 11.7 Å². The number of nitrogens with two attached hydrogens (primary N) is 1. The van der Waals surface area contributed by atoms with E-state index in [0.29, 0.717) is 24.1 Å². The van der Waals surface area contributed by atoms with E-state index in [1.807, 2.05) is 64.3 Å². The van der Waals surface area contributed by atoms with Gasteiger partial charge in [0, 0.05) is 39.2 Å². The van der Waals surface area contributed by atoms with Crippen molar-refractivity contribution >= 4 is 39.1 Å². The quantitative estimate of drug-likeness (QED) is 0.103. The number of carbonyl (C=O) groups is 1. The molecule has 0 saturated heterocycles. The van der Waals surface area contributed by atoms with Gasteiger partial charge in [-0.05, 0) is 75.1 Å². The van der Waals surface area contributed by atoms with Gasteiger partial charge in [-0.2, -0.15) is 0 Å². The molecule has 250 valence electrons. The number of carbonyl (C=O) groups excluding carboxylic acids is 1. The number of aromatic nitrogens is 3. The molecule has 3 rings (SSSR count). The summed E-state index contributed by atoms with van der Waals surface area (Å²) < 4.78 is 5.34. The SMILES string of the molecule is C=C(C)/C=C\C=C(/C)c1nc[nH]c1-c1ccc2ncc(C(=C)S/C=C(\C)C(=O)OCCC(C)C)cc2c1.CC.CCC[C@@H](N)CC. The molecule has 0 fully saturated rings. The third-order valence-corrected chi connectivity index (χ3v) is 7.84. The van der Waals surface area contributed by atoms with E-state index in [-0.39, 0.29) is 5.97 Å². The highest BCUT2D eigenvalue weighted by Crippen LogP contribution is 2.32. The zero-order valence-electron chi connectivity index (χ0n) is 29.6. The van der Waals surface area contributed by atoms with Crippen molar-refractivity contribution in [2.45, 2.75) is 94.0 Å². The summed E-state index contributed by atoms with van der Waals surface area (Å²) in [7, 11) is 0. The number of rotatable bonds is 14. The maximum Gasteiger partial charge on any atom is 0.334 e. The Bertz CT molecular complexity index is 1500. The van der Waals surface area contributed by atoms with E-state index in [9.17, 15) is 4.79 Å². The summed E-state index contributed by atoms with van der Waals surface area (Å²) in [6, 6.07) is 8.67. The van der Waals surface area contributed by atoms with Crippen LogP contribution in [0.1, 0.15) is 99.3 Å². The highest BCUT2D eigenvalue weighted by Gasteiger charge is 2.12. The summed E-state index contributed by atoms with van der Waals surface area (Å²) in [5.41, 5.74) is 12.9. The fraction of sp³-hybridized carbons (Fsp3) is 0.410. The molecule has 3 N–H and O–H groups in total. The van der Waals surface area contributed by atoms with Crippen LogP contribution < -0.4 is 5.73 Å². The lowest BCUT2D eigenvalue weighted by atomic mass is 10.0. The first kappa shape index (κ1) is 40.3. The Kier molecular flexibility index (Phi) is 19.3. The first-order valence-electron chi connectivity index (χ1n) is 16.4. The lowest BCUT2D eigenvalue weighted by Crippen LogP contribution is -2.17. The van der Waals surface area contributed by atoms with Gasteiger partial charge in [-0.25, -0.2) is 9.78 Å².